The van der Waals surface area contributed by atoms with Gasteiger partial charge >= 0.3 is 5.97 Å². The molecule has 2 N–H and O–H groups in total. The fourth-order valence-corrected chi connectivity index (χ4v) is 1.95. The van der Waals surface area contributed by atoms with Gasteiger partial charge in [0.25, 0.3) is 11.6 Å². The number of amides is 1. The highest BCUT2D eigenvalue weighted by Crippen LogP contribution is 2.18. The predicted molar refractivity (Wildman–Crippen MR) is 76.2 cm³/mol. The Morgan fingerprint density at radius 2 is 2.10 bits per heavy atom. The zero-order valence-corrected chi connectivity index (χ0v) is 12.0. The molecular formula is C14H18N2O5. The number of aliphatic carboxylic acids is 1. The van der Waals surface area contributed by atoms with Crippen molar-refractivity contribution in [2.75, 3.05) is 6.54 Å². The Balaban J connectivity index is 2.69. The summed E-state index contributed by atoms with van der Waals surface area (Å²) in [7, 11) is 0. The Labute approximate surface area is 122 Å². The number of nitrogens with zero attached hydrogens (tertiary/aromatic N) is 1. The van der Waals surface area contributed by atoms with Crippen molar-refractivity contribution in [1.29, 1.82) is 0 Å². The topological polar surface area (TPSA) is 110 Å². The van der Waals surface area contributed by atoms with Gasteiger partial charge in [-0.3, -0.25) is 19.7 Å². The fraction of sp³-hybridized carbons (Fsp3) is 0.429. The maximum atomic E-state index is 12.0. The van der Waals surface area contributed by atoms with Gasteiger partial charge in [0, 0.05) is 30.2 Å². The molecule has 0 heterocycles. The molecule has 21 heavy (non-hydrogen) atoms. The first-order chi connectivity index (χ1) is 9.85. The molecule has 0 saturated heterocycles. The van der Waals surface area contributed by atoms with Crippen molar-refractivity contribution >= 4 is 17.6 Å². The van der Waals surface area contributed by atoms with E-state index in [4.69, 9.17) is 5.11 Å². The van der Waals surface area contributed by atoms with Crippen molar-refractivity contribution in [3.05, 3.63) is 39.4 Å². The molecule has 0 bridgehead atoms. The molecule has 1 rings (SSSR count). The van der Waals surface area contributed by atoms with Crippen molar-refractivity contribution < 1.29 is 19.6 Å². The van der Waals surface area contributed by atoms with Crippen molar-refractivity contribution in [1.82, 2.24) is 5.32 Å². The third kappa shape index (κ3) is 4.87. The monoisotopic (exact) mass is 294 g/mol. The van der Waals surface area contributed by atoms with Crippen molar-refractivity contribution in [2.45, 2.75) is 26.7 Å². The number of hydrogen-bond acceptors (Lipinski definition) is 4. The van der Waals surface area contributed by atoms with Crippen LogP contribution in [0.15, 0.2) is 18.2 Å². The number of carboxylic acids is 1. The Hall–Kier alpha value is -2.44. The molecule has 114 valence electrons. The van der Waals surface area contributed by atoms with Gasteiger partial charge in [-0.25, -0.2) is 0 Å². The number of nitro benzene ring substituents is 1. The summed E-state index contributed by atoms with van der Waals surface area (Å²) in [6, 6.07) is 4.13. The van der Waals surface area contributed by atoms with E-state index in [0.717, 1.165) is 0 Å². The highest BCUT2D eigenvalue weighted by molar-refractivity contribution is 5.94. The lowest BCUT2D eigenvalue weighted by Crippen LogP contribution is -2.30. The molecule has 1 aromatic carbocycles. The van der Waals surface area contributed by atoms with E-state index in [1.54, 1.807) is 6.92 Å². The van der Waals surface area contributed by atoms with E-state index in [1.165, 1.54) is 18.2 Å². The smallest absolute Gasteiger partial charge is 0.303 e. The van der Waals surface area contributed by atoms with Crippen molar-refractivity contribution in [3.8, 4) is 0 Å². The maximum absolute atomic E-state index is 12.0. The minimum absolute atomic E-state index is 0.00390. The van der Waals surface area contributed by atoms with Crippen LogP contribution in [-0.4, -0.2) is 28.5 Å². The van der Waals surface area contributed by atoms with Crippen molar-refractivity contribution in [3.63, 3.8) is 0 Å². The number of rotatable bonds is 7. The molecule has 7 heteroatoms. The summed E-state index contributed by atoms with van der Waals surface area (Å²) < 4.78 is 0. The van der Waals surface area contributed by atoms with E-state index >= 15 is 0 Å². The average Bonchev–Trinajstić information content (AvgIpc) is 2.42. The first-order valence-corrected chi connectivity index (χ1v) is 6.60. The van der Waals surface area contributed by atoms with Crippen LogP contribution in [0.2, 0.25) is 0 Å². The number of aryl methyl sites for hydroxylation is 1. The molecule has 0 radical (unpaired) electrons. The summed E-state index contributed by atoms with van der Waals surface area (Å²) in [5, 5.41) is 22.1. The second-order valence-corrected chi connectivity index (χ2v) is 4.84. The molecule has 1 aromatic rings. The molecule has 1 atom stereocenters. The van der Waals surface area contributed by atoms with Crippen molar-refractivity contribution in [2.24, 2.45) is 5.92 Å². The average molecular weight is 294 g/mol. The van der Waals surface area contributed by atoms with Gasteiger partial charge < -0.3 is 10.4 Å². The molecule has 0 aliphatic carbocycles. The third-order valence-corrected chi connectivity index (χ3v) is 3.25. The normalized spacial score (nSPS) is 11.7. The molecule has 0 aliphatic heterocycles. The standard InChI is InChI=1S/C14H18N2O5/c1-3-10(7-13(17)18)8-15-14(19)11-4-5-12(16(20)21)9(2)6-11/h4-6,10H,3,7-8H2,1-2H3,(H,15,19)(H,17,18). The minimum Gasteiger partial charge on any atom is -0.481 e. The van der Waals surface area contributed by atoms with Gasteiger partial charge in [-0.2, -0.15) is 0 Å². The lowest BCUT2D eigenvalue weighted by Gasteiger charge is -2.13. The van der Waals surface area contributed by atoms with E-state index in [2.05, 4.69) is 5.32 Å². The number of benzene rings is 1. The molecule has 0 aliphatic rings. The second kappa shape index (κ2) is 7.37. The van der Waals surface area contributed by atoms with Gasteiger partial charge in [0.15, 0.2) is 0 Å². The van der Waals surface area contributed by atoms with Crippen LogP contribution in [0.4, 0.5) is 5.69 Å². The van der Waals surface area contributed by atoms with E-state index in [9.17, 15) is 19.7 Å². The zero-order chi connectivity index (χ0) is 16.0. The first kappa shape index (κ1) is 16.6. The van der Waals surface area contributed by atoms with Gasteiger partial charge in [0.1, 0.15) is 0 Å². The van der Waals surface area contributed by atoms with Crippen LogP contribution >= 0.6 is 0 Å². The van der Waals surface area contributed by atoms with Crippen LogP contribution in [0.25, 0.3) is 0 Å². The molecular weight excluding hydrogens is 276 g/mol. The quantitative estimate of drug-likeness (QED) is 0.591. The maximum Gasteiger partial charge on any atom is 0.303 e. The number of carbonyl (C=O) groups excluding carboxylic acids is 1. The SMILES string of the molecule is CCC(CNC(=O)c1ccc([N+](=O)[O-])c(C)c1)CC(=O)O. The fourth-order valence-electron chi connectivity index (χ4n) is 1.95. The van der Waals surface area contributed by atoms with Crippen LogP contribution in [0, 0.1) is 23.0 Å². The van der Waals surface area contributed by atoms with Crippen LogP contribution in [0.5, 0.6) is 0 Å². The Bertz CT molecular complexity index is 556. The molecule has 0 saturated carbocycles. The zero-order valence-electron chi connectivity index (χ0n) is 12.0. The van der Waals surface area contributed by atoms with Crippen LogP contribution in [0.1, 0.15) is 35.7 Å². The largest absolute Gasteiger partial charge is 0.481 e. The minimum atomic E-state index is -0.901. The highest BCUT2D eigenvalue weighted by Gasteiger charge is 2.16. The summed E-state index contributed by atoms with van der Waals surface area (Å²) in [6.45, 7) is 3.68. The number of carbonyl (C=O) groups is 2. The summed E-state index contributed by atoms with van der Waals surface area (Å²) in [6.07, 6.45) is 0.641. The summed E-state index contributed by atoms with van der Waals surface area (Å²) in [4.78, 5) is 32.8. The van der Waals surface area contributed by atoms with Gasteiger partial charge in [-0.05, 0) is 25.0 Å². The van der Waals surface area contributed by atoms with Gasteiger partial charge in [0.2, 0.25) is 0 Å². The molecule has 7 nitrogen and oxygen atoms in total. The van der Waals surface area contributed by atoms with E-state index in [0.29, 0.717) is 17.5 Å². The molecule has 0 spiro atoms. The highest BCUT2D eigenvalue weighted by atomic mass is 16.6. The summed E-state index contributed by atoms with van der Waals surface area (Å²) >= 11 is 0. The molecule has 0 fully saturated rings. The third-order valence-electron chi connectivity index (χ3n) is 3.25. The second-order valence-electron chi connectivity index (χ2n) is 4.84. The van der Waals surface area contributed by atoms with Gasteiger partial charge in [0.05, 0.1) is 4.92 Å². The van der Waals surface area contributed by atoms with Crippen LogP contribution < -0.4 is 5.32 Å². The molecule has 0 aromatic heterocycles. The summed E-state index contributed by atoms with van der Waals surface area (Å²) in [5.41, 5.74) is 0.692. The first-order valence-electron chi connectivity index (χ1n) is 6.60. The molecule has 1 unspecified atom stereocenters. The van der Waals surface area contributed by atoms with E-state index in [1.807, 2.05) is 6.92 Å². The summed E-state index contributed by atoms with van der Waals surface area (Å²) in [5.74, 6) is -1.40. The predicted octanol–water partition coefficient (Wildman–Crippen LogP) is 2.13. The van der Waals surface area contributed by atoms with Gasteiger partial charge in [-0.1, -0.05) is 13.3 Å². The molecule has 1 amide bonds. The van der Waals surface area contributed by atoms with E-state index < -0.39 is 10.9 Å². The Morgan fingerprint density at radius 1 is 1.43 bits per heavy atom. The Morgan fingerprint density at radius 3 is 2.57 bits per heavy atom. The number of carboxylic acid groups (broad SMARTS) is 1. The van der Waals surface area contributed by atoms with Crippen LogP contribution in [-0.2, 0) is 4.79 Å². The lowest BCUT2D eigenvalue weighted by atomic mass is 10.0. The van der Waals surface area contributed by atoms with Gasteiger partial charge in [-0.15, -0.1) is 0 Å². The van der Waals surface area contributed by atoms with E-state index in [-0.39, 0.29) is 30.5 Å². The number of nitro groups is 1. The number of hydrogen-bond donors (Lipinski definition) is 2. The number of nitrogens with one attached hydrogen (secondary N) is 1. The Kier molecular flexibility index (Phi) is 5.83. The van der Waals surface area contributed by atoms with Crippen LogP contribution in [0.3, 0.4) is 0 Å². The lowest BCUT2D eigenvalue weighted by molar-refractivity contribution is -0.385.